The van der Waals surface area contributed by atoms with Crippen LogP contribution >= 0.6 is 0 Å². The molecule has 0 N–H and O–H groups in total. The number of rotatable bonds is 1. The van der Waals surface area contributed by atoms with Crippen LogP contribution < -0.4 is 0 Å². The molecule has 2 aromatic carbocycles. The summed E-state index contributed by atoms with van der Waals surface area (Å²) in [6.45, 7) is 0. The zero-order valence-electron chi connectivity index (χ0n) is 13.3. The van der Waals surface area contributed by atoms with E-state index in [1.54, 1.807) is 18.2 Å². The molecule has 0 aliphatic heterocycles. The van der Waals surface area contributed by atoms with Gasteiger partial charge in [0.1, 0.15) is 5.82 Å². The summed E-state index contributed by atoms with van der Waals surface area (Å²) in [7, 11) is 0. The van der Waals surface area contributed by atoms with E-state index >= 15 is 0 Å². The van der Waals surface area contributed by atoms with Crippen LogP contribution in [0.2, 0.25) is 0 Å². The Balaban J connectivity index is 1.66. The van der Waals surface area contributed by atoms with Crippen LogP contribution in [0.1, 0.15) is 34.0 Å². The van der Waals surface area contributed by atoms with Crippen molar-refractivity contribution >= 4 is 22.6 Å². The molecule has 1 aliphatic carbocycles. The van der Waals surface area contributed by atoms with Crippen molar-refractivity contribution in [2.24, 2.45) is 0 Å². The van der Waals surface area contributed by atoms with Gasteiger partial charge in [0.25, 0.3) is 0 Å². The Hall–Kier alpha value is -3.08. The standard InChI is InChI=1S/C20H14FN3O/c21-15-6-2-1-5-13(15)12-9-17-14(19(25)10-12)11-24-18-8-4-3-7-16(18)22-20(24)23-17/h1-8,11-12H,9-10H2/t12-/m1/s1. The first-order valence-corrected chi connectivity index (χ1v) is 8.25. The average molecular weight is 331 g/mol. The smallest absolute Gasteiger partial charge is 0.235 e. The van der Waals surface area contributed by atoms with Crippen LogP contribution in [0.5, 0.6) is 0 Å². The maximum atomic E-state index is 14.1. The van der Waals surface area contributed by atoms with Crippen LogP contribution in [0.25, 0.3) is 16.8 Å². The molecule has 0 saturated heterocycles. The van der Waals surface area contributed by atoms with Crippen LogP contribution in [0, 0.1) is 5.82 Å². The molecule has 5 heteroatoms. The Kier molecular flexibility index (Phi) is 2.98. The number of carbonyl (C=O) groups excluding carboxylic acids is 1. The van der Waals surface area contributed by atoms with Gasteiger partial charge in [-0.3, -0.25) is 9.20 Å². The maximum absolute atomic E-state index is 14.1. The summed E-state index contributed by atoms with van der Waals surface area (Å²) in [5, 5.41) is 0. The molecule has 0 saturated carbocycles. The van der Waals surface area contributed by atoms with Gasteiger partial charge in [-0.1, -0.05) is 30.3 Å². The molecule has 122 valence electrons. The Bertz CT molecular complexity index is 1150. The van der Waals surface area contributed by atoms with E-state index in [1.165, 1.54) is 6.07 Å². The molecule has 2 heterocycles. The van der Waals surface area contributed by atoms with Crippen molar-refractivity contribution < 1.29 is 9.18 Å². The summed E-state index contributed by atoms with van der Waals surface area (Å²) in [5.41, 5.74) is 3.67. The van der Waals surface area contributed by atoms with Crippen molar-refractivity contribution in [3.63, 3.8) is 0 Å². The fourth-order valence-electron chi connectivity index (χ4n) is 3.68. The molecule has 0 radical (unpaired) electrons. The number of Topliss-reactive ketones (excluding diaryl/α,β-unsaturated/α-hetero) is 1. The number of hydrogen-bond donors (Lipinski definition) is 0. The normalized spacial score (nSPS) is 17.2. The maximum Gasteiger partial charge on any atom is 0.235 e. The Labute approximate surface area is 143 Å². The molecule has 25 heavy (non-hydrogen) atoms. The molecule has 1 atom stereocenters. The highest BCUT2D eigenvalue weighted by molar-refractivity contribution is 5.99. The third-order valence-corrected chi connectivity index (χ3v) is 4.90. The van der Waals surface area contributed by atoms with Crippen molar-refractivity contribution in [2.45, 2.75) is 18.8 Å². The lowest BCUT2D eigenvalue weighted by Crippen LogP contribution is -2.21. The minimum atomic E-state index is -0.267. The Morgan fingerprint density at radius 2 is 1.80 bits per heavy atom. The fourth-order valence-corrected chi connectivity index (χ4v) is 3.68. The van der Waals surface area contributed by atoms with Gasteiger partial charge in [-0.25, -0.2) is 14.4 Å². The van der Waals surface area contributed by atoms with E-state index in [4.69, 9.17) is 0 Å². The highest BCUT2D eigenvalue weighted by Crippen LogP contribution is 2.33. The lowest BCUT2D eigenvalue weighted by molar-refractivity contribution is 0.0962. The van der Waals surface area contributed by atoms with Gasteiger partial charge in [0, 0.05) is 12.6 Å². The van der Waals surface area contributed by atoms with Crippen LogP contribution in [-0.4, -0.2) is 20.2 Å². The summed E-state index contributed by atoms with van der Waals surface area (Å²) in [4.78, 5) is 21.8. The number of hydrogen-bond acceptors (Lipinski definition) is 3. The molecule has 5 rings (SSSR count). The molecule has 4 aromatic rings. The number of fused-ring (bicyclic) bond motifs is 4. The largest absolute Gasteiger partial charge is 0.294 e. The number of benzene rings is 2. The monoisotopic (exact) mass is 331 g/mol. The minimum absolute atomic E-state index is 0.00156. The van der Waals surface area contributed by atoms with Gasteiger partial charge in [-0.2, -0.15) is 0 Å². The summed E-state index contributed by atoms with van der Waals surface area (Å²) < 4.78 is 16.0. The van der Waals surface area contributed by atoms with E-state index in [-0.39, 0.29) is 17.5 Å². The van der Waals surface area contributed by atoms with Gasteiger partial charge >= 0.3 is 0 Å². The van der Waals surface area contributed by atoms with Gasteiger partial charge in [0.2, 0.25) is 5.78 Å². The van der Waals surface area contributed by atoms with Crippen LogP contribution in [0.3, 0.4) is 0 Å². The summed E-state index contributed by atoms with van der Waals surface area (Å²) in [6.07, 6.45) is 2.67. The first-order valence-electron chi connectivity index (χ1n) is 8.25. The van der Waals surface area contributed by atoms with Crippen molar-refractivity contribution in [1.82, 2.24) is 14.4 Å². The van der Waals surface area contributed by atoms with E-state index in [1.807, 2.05) is 34.9 Å². The molecule has 2 aromatic heterocycles. The highest BCUT2D eigenvalue weighted by atomic mass is 19.1. The first-order chi connectivity index (χ1) is 12.2. The second-order valence-corrected chi connectivity index (χ2v) is 6.42. The number of nitrogens with zero attached hydrogens (tertiary/aromatic N) is 3. The zero-order valence-corrected chi connectivity index (χ0v) is 13.3. The van der Waals surface area contributed by atoms with Crippen molar-refractivity contribution in [3.8, 4) is 0 Å². The molecule has 0 amide bonds. The zero-order chi connectivity index (χ0) is 17.0. The molecule has 0 bridgehead atoms. The highest BCUT2D eigenvalue weighted by Gasteiger charge is 2.29. The predicted molar refractivity (Wildman–Crippen MR) is 92.3 cm³/mol. The van der Waals surface area contributed by atoms with Gasteiger partial charge in [0.05, 0.1) is 22.3 Å². The number of imidazole rings is 1. The lowest BCUT2D eigenvalue weighted by Gasteiger charge is -2.23. The van der Waals surface area contributed by atoms with Crippen molar-refractivity contribution in [3.05, 3.63) is 77.4 Å². The Morgan fingerprint density at radius 1 is 1.00 bits per heavy atom. The van der Waals surface area contributed by atoms with Gasteiger partial charge < -0.3 is 0 Å². The molecular weight excluding hydrogens is 317 g/mol. The SMILES string of the molecule is O=C1C[C@H](c2ccccc2F)Cc2nc3nc4ccccc4n3cc21. The molecule has 0 unspecified atom stereocenters. The molecule has 0 fully saturated rings. The van der Waals surface area contributed by atoms with Crippen LogP contribution in [-0.2, 0) is 6.42 Å². The number of halogens is 1. The number of ketones is 1. The Morgan fingerprint density at radius 3 is 2.68 bits per heavy atom. The van der Waals surface area contributed by atoms with Crippen molar-refractivity contribution in [1.29, 1.82) is 0 Å². The van der Waals surface area contributed by atoms with Gasteiger partial charge in [-0.15, -0.1) is 0 Å². The molecule has 4 nitrogen and oxygen atoms in total. The summed E-state index contributed by atoms with van der Waals surface area (Å²) >= 11 is 0. The van der Waals surface area contributed by atoms with E-state index in [2.05, 4.69) is 9.97 Å². The van der Waals surface area contributed by atoms with E-state index in [9.17, 15) is 9.18 Å². The van der Waals surface area contributed by atoms with Crippen molar-refractivity contribution in [2.75, 3.05) is 0 Å². The fraction of sp³-hybridized carbons (Fsp3) is 0.150. The van der Waals surface area contributed by atoms with Gasteiger partial charge in [0.15, 0.2) is 5.78 Å². The number of aromatic nitrogens is 3. The van der Waals surface area contributed by atoms with E-state index in [0.717, 1.165) is 11.0 Å². The number of carbonyl (C=O) groups is 1. The quantitative estimate of drug-likeness (QED) is 0.531. The average Bonchev–Trinajstić information content (AvgIpc) is 2.98. The summed E-state index contributed by atoms with van der Waals surface area (Å²) in [6, 6.07) is 14.4. The molecular formula is C20H14FN3O. The van der Waals surface area contributed by atoms with Crippen LogP contribution in [0.15, 0.2) is 54.7 Å². The predicted octanol–water partition coefficient (Wildman–Crippen LogP) is 3.93. The van der Waals surface area contributed by atoms with E-state index < -0.39 is 0 Å². The molecule has 1 aliphatic rings. The lowest BCUT2D eigenvalue weighted by atomic mass is 9.82. The number of para-hydroxylation sites is 2. The summed E-state index contributed by atoms with van der Waals surface area (Å²) in [5.74, 6) is 0.125. The first kappa shape index (κ1) is 14.3. The van der Waals surface area contributed by atoms with E-state index in [0.29, 0.717) is 35.4 Å². The topological polar surface area (TPSA) is 47.3 Å². The second-order valence-electron chi connectivity index (χ2n) is 6.42. The third-order valence-electron chi connectivity index (χ3n) is 4.90. The van der Waals surface area contributed by atoms with Crippen LogP contribution in [0.4, 0.5) is 4.39 Å². The molecule has 0 spiro atoms. The third kappa shape index (κ3) is 2.16. The van der Waals surface area contributed by atoms with Gasteiger partial charge in [-0.05, 0) is 36.1 Å². The minimum Gasteiger partial charge on any atom is -0.294 e. The second kappa shape index (κ2) is 5.21.